The molecule has 1 aromatic carbocycles. The van der Waals surface area contributed by atoms with Crippen LogP contribution in [0.5, 0.6) is 5.75 Å². The van der Waals surface area contributed by atoms with E-state index in [1.807, 2.05) is 0 Å². The van der Waals surface area contributed by atoms with Gasteiger partial charge < -0.3 is 4.74 Å². The second kappa shape index (κ2) is 8.22. The molecule has 3 aromatic rings. The number of thiophene rings is 1. The molecule has 1 aliphatic rings. The van der Waals surface area contributed by atoms with Gasteiger partial charge in [0.15, 0.2) is 5.13 Å². The molecule has 0 unspecified atom stereocenters. The van der Waals surface area contributed by atoms with Crippen LogP contribution in [0.15, 0.2) is 46.0 Å². The van der Waals surface area contributed by atoms with Crippen LogP contribution in [0.4, 0.5) is 18.3 Å². The molecular formula is C18H14F3N3O4S3. The number of ether oxygens (including phenoxy) is 1. The van der Waals surface area contributed by atoms with E-state index < -0.39 is 22.1 Å². The van der Waals surface area contributed by atoms with Crippen molar-refractivity contribution in [3.63, 3.8) is 0 Å². The second-order valence-electron chi connectivity index (χ2n) is 6.46. The average Bonchev–Trinajstić information content (AvgIpc) is 3.36. The first-order valence-electron chi connectivity index (χ1n) is 8.80. The summed E-state index contributed by atoms with van der Waals surface area (Å²) in [5, 5.41) is 6.59. The van der Waals surface area contributed by atoms with E-state index in [0.717, 1.165) is 24.3 Å². The molecule has 3 heterocycles. The Bertz CT molecular complexity index is 1190. The smallest absolute Gasteiger partial charge is 0.406 e. The zero-order chi connectivity index (χ0) is 22.2. The lowest BCUT2D eigenvalue weighted by Gasteiger charge is -2.25. The lowest BCUT2D eigenvalue weighted by Crippen LogP contribution is -2.35. The van der Waals surface area contributed by atoms with Gasteiger partial charge in [0.1, 0.15) is 5.75 Å². The van der Waals surface area contributed by atoms with Gasteiger partial charge in [-0.05, 0) is 35.7 Å². The van der Waals surface area contributed by atoms with Crippen LogP contribution in [0.25, 0.3) is 0 Å². The molecule has 2 aromatic heterocycles. The number of fused-ring (bicyclic) bond motifs is 1. The Kier molecular flexibility index (Phi) is 5.77. The van der Waals surface area contributed by atoms with Crippen molar-refractivity contribution in [1.82, 2.24) is 9.29 Å². The lowest BCUT2D eigenvalue weighted by molar-refractivity contribution is -0.274. The van der Waals surface area contributed by atoms with E-state index in [9.17, 15) is 26.4 Å². The maximum Gasteiger partial charge on any atom is 0.573 e. The molecule has 0 fully saturated rings. The van der Waals surface area contributed by atoms with Gasteiger partial charge in [-0.25, -0.2) is 13.4 Å². The van der Waals surface area contributed by atoms with Crippen molar-refractivity contribution in [3.8, 4) is 5.75 Å². The zero-order valence-electron chi connectivity index (χ0n) is 15.5. The Morgan fingerprint density at radius 2 is 1.94 bits per heavy atom. The summed E-state index contributed by atoms with van der Waals surface area (Å²) in [4.78, 5) is 17.1. The van der Waals surface area contributed by atoms with Gasteiger partial charge in [-0.1, -0.05) is 0 Å². The van der Waals surface area contributed by atoms with Crippen LogP contribution in [-0.2, 0) is 23.0 Å². The van der Waals surface area contributed by atoms with Crippen LogP contribution < -0.4 is 10.1 Å². The summed E-state index contributed by atoms with van der Waals surface area (Å²) < 4.78 is 67.7. The molecule has 0 spiro atoms. The Balaban J connectivity index is 1.47. The van der Waals surface area contributed by atoms with E-state index in [4.69, 9.17) is 0 Å². The fourth-order valence-corrected chi connectivity index (χ4v) is 6.10. The summed E-state index contributed by atoms with van der Waals surface area (Å²) in [6, 6.07) is 5.75. The third kappa shape index (κ3) is 4.89. The quantitative estimate of drug-likeness (QED) is 0.583. The Morgan fingerprint density at radius 3 is 2.58 bits per heavy atom. The Labute approximate surface area is 183 Å². The standard InChI is InChI=1S/C18H14F3N3O4S3/c19-18(20,21)28-12-1-3-13(4-2-12)31(26,27)24-7-5-14-15(9-24)30-17(22-14)23-16(25)11-6-8-29-10-11/h1-4,6,8,10H,5,7,9H2,(H,22,23,25). The number of alkyl halides is 3. The summed E-state index contributed by atoms with van der Waals surface area (Å²) in [5.74, 6) is -0.793. The molecule has 4 rings (SSSR count). The van der Waals surface area contributed by atoms with Gasteiger partial charge in [-0.15, -0.1) is 24.5 Å². The number of benzene rings is 1. The number of carbonyl (C=O) groups excluding carboxylic acids is 1. The molecule has 0 bridgehead atoms. The minimum Gasteiger partial charge on any atom is -0.406 e. The van der Waals surface area contributed by atoms with Crippen LogP contribution >= 0.6 is 22.7 Å². The van der Waals surface area contributed by atoms with Crippen LogP contribution in [0, 0.1) is 0 Å². The van der Waals surface area contributed by atoms with Crippen molar-refractivity contribution >= 4 is 43.7 Å². The fraction of sp³-hybridized carbons (Fsp3) is 0.222. The number of carbonyl (C=O) groups is 1. The third-order valence-electron chi connectivity index (χ3n) is 4.40. The van der Waals surface area contributed by atoms with Crippen molar-refractivity contribution < 1.29 is 31.1 Å². The van der Waals surface area contributed by atoms with Crippen molar-refractivity contribution in [2.45, 2.75) is 24.2 Å². The molecule has 31 heavy (non-hydrogen) atoms. The van der Waals surface area contributed by atoms with E-state index in [1.54, 1.807) is 16.8 Å². The normalized spacial score (nSPS) is 14.8. The number of aromatic nitrogens is 1. The number of amides is 1. The van der Waals surface area contributed by atoms with Crippen molar-refractivity contribution in [3.05, 3.63) is 57.2 Å². The van der Waals surface area contributed by atoms with Crippen LogP contribution in [0.3, 0.4) is 0 Å². The molecular weight excluding hydrogens is 475 g/mol. The van der Waals surface area contributed by atoms with E-state index >= 15 is 0 Å². The number of rotatable bonds is 5. The first kappa shape index (κ1) is 21.7. The molecule has 0 aliphatic carbocycles. The molecule has 1 amide bonds. The second-order valence-corrected chi connectivity index (χ2v) is 10.3. The first-order valence-corrected chi connectivity index (χ1v) is 12.0. The van der Waals surface area contributed by atoms with Crippen LogP contribution in [-0.4, -0.2) is 36.5 Å². The number of halogens is 3. The Morgan fingerprint density at radius 1 is 1.19 bits per heavy atom. The number of thiazole rings is 1. The predicted octanol–water partition coefficient (Wildman–Crippen LogP) is 4.10. The lowest BCUT2D eigenvalue weighted by atomic mass is 10.2. The molecule has 0 atom stereocenters. The predicted molar refractivity (Wildman–Crippen MR) is 109 cm³/mol. The maximum absolute atomic E-state index is 12.9. The highest BCUT2D eigenvalue weighted by molar-refractivity contribution is 7.89. The first-order chi connectivity index (χ1) is 14.6. The monoisotopic (exact) mass is 489 g/mol. The SMILES string of the molecule is O=C(Nc1nc2c(s1)CN(S(=O)(=O)c1ccc(OC(F)(F)F)cc1)CC2)c1ccsc1. The van der Waals surface area contributed by atoms with Gasteiger partial charge in [-0.2, -0.15) is 15.6 Å². The van der Waals surface area contributed by atoms with Gasteiger partial charge in [0.2, 0.25) is 10.0 Å². The molecule has 1 N–H and O–H groups in total. The Hall–Kier alpha value is -2.48. The van der Waals surface area contributed by atoms with Crippen molar-refractivity contribution in [1.29, 1.82) is 0 Å². The number of nitrogens with zero attached hydrogens (tertiary/aromatic N) is 2. The maximum atomic E-state index is 12.9. The minimum absolute atomic E-state index is 0.0600. The van der Waals surface area contributed by atoms with E-state index in [1.165, 1.54) is 27.0 Å². The summed E-state index contributed by atoms with van der Waals surface area (Å²) in [6.45, 7) is 0.224. The third-order valence-corrected chi connectivity index (χ3v) is 7.94. The van der Waals surface area contributed by atoms with Gasteiger partial charge in [0.25, 0.3) is 5.91 Å². The van der Waals surface area contributed by atoms with Gasteiger partial charge in [0.05, 0.1) is 22.7 Å². The van der Waals surface area contributed by atoms with Crippen LogP contribution in [0.2, 0.25) is 0 Å². The summed E-state index contributed by atoms with van der Waals surface area (Å²) in [6.07, 6.45) is -4.50. The summed E-state index contributed by atoms with van der Waals surface area (Å²) >= 11 is 2.59. The molecule has 13 heteroatoms. The number of hydrogen-bond donors (Lipinski definition) is 1. The highest BCUT2D eigenvalue weighted by atomic mass is 32.2. The van der Waals surface area contributed by atoms with E-state index in [2.05, 4.69) is 15.0 Å². The number of hydrogen-bond acceptors (Lipinski definition) is 7. The van der Waals surface area contributed by atoms with Gasteiger partial charge in [0, 0.05) is 23.2 Å². The fourth-order valence-electron chi connectivity index (χ4n) is 2.96. The summed E-state index contributed by atoms with van der Waals surface area (Å²) in [7, 11) is -3.93. The van der Waals surface area contributed by atoms with Crippen LogP contribution in [0.1, 0.15) is 20.9 Å². The average molecular weight is 490 g/mol. The number of sulfonamides is 1. The highest BCUT2D eigenvalue weighted by Gasteiger charge is 2.33. The topological polar surface area (TPSA) is 88.6 Å². The molecule has 164 valence electrons. The molecule has 0 radical (unpaired) electrons. The molecule has 0 saturated carbocycles. The molecule has 1 aliphatic heterocycles. The van der Waals surface area contributed by atoms with Gasteiger partial charge >= 0.3 is 6.36 Å². The summed E-state index contributed by atoms with van der Waals surface area (Å²) in [5.41, 5.74) is 1.23. The largest absolute Gasteiger partial charge is 0.573 e. The highest BCUT2D eigenvalue weighted by Crippen LogP contribution is 2.32. The van der Waals surface area contributed by atoms with Crippen molar-refractivity contribution in [2.75, 3.05) is 11.9 Å². The number of anilines is 1. The zero-order valence-corrected chi connectivity index (χ0v) is 18.0. The van der Waals surface area contributed by atoms with E-state index in [0.29, 0.717) is 27.7 Å². The molecule has 7 nitrogen and oxygen atoms in total. The molecule has 0 saturated heterocycles. The minimum atomic E-state index is -4.85. The van der Waals surface area contributed by atoms with Crippen molar-refractivity contribution in [2.24, 2.45) is 0 Å². The number of nitrogens with one attached hydrogen (secondary N) is 1. The van der Waals surface area contributed by atoms with Gasteiger partial charge in [-0.3, -0.25) is 10.1 Å². The van der Waals surface area contributed by atoms with E-state index in [-0.39, 0.29) is 23.9 Å².